The van der Waals surface area contributed by atoms with E-state index >= 15 is 8.78 Å². The van der Waals surface area contributed by atoms with Gasteiger partial charge in [-0.25, -0.2) is 13.2 Å². The molecule has 4 saturated heterocycles. The Bertz CT molecular complexity index is 2410. The number of aryl methyl sites for hydroxylation is 1. The van der Waals surface area contributed by atoms with Crippen molar-refractivity contribution in [2.75, 3.05) is 37.7 Å². The van der Waals surface area contributed by atoms with Gasteiger partial charge < -0.3 is 14.7 Å². The summed E-state index contributed by atoms with van der Waals surface area (Å²) in [5.74, 6) is 1.73. The average Bonchev–Trinajstić information content (AvgIpc) is 3.84. The first-order valence-corrected chi connectivity index (χ1v) is 18.5. The molecule has 4 atom stereocenters. The van der Waals surface area contributed by atoms with E-state index in [0.29, 0.717) is 47.8 Å². The summed E-state index contributed by atoms with van der Waals surface area (Å²) in [4.78, 5) is 28.6. The van der Waals surface area contributed by atoms with Gasteiger partial charge in [-0.05, 0) is 61.4 Å². The lowest BCUT2D eigenvalue weighted by molar-refractivity contribution is -0.128. The van der Waals surface area contributed by atoms with Gasteiger partial charge in [-0.3, -0.25) is 19.3 Å². The zero-order chi connectivity index (χ0) is 36.3. The number of carbonyl (C=O) groups excluding carboxylic acids is 1. The zero-order valence-electron chi connectivity index (χ0n) is 29.3. The number of nitrogens with zero attached hydrogens (tertiary/aromatic N) is 7. The molecular weight excluding hydrogens is 683 g/mol. The second-order valence-corrected chi connectivity index (χ2v) is 15.7. The fraction of sp³-hybridized carbons (Fsp3) is 0.450. The van der Waals surface area contributed by atoms with Gasteiger partial charge in [0.2, 0.25) is 0 Å². The number of halogens is 3. The van der Waals surface area contributed by atoms with E-state index in [1.165, 1.54) is 24.3 Å². The number of ether oxygens (including phenoxy) is 1. The minimum atomic E-state index is -0.946. The summed E-state index contributed by atoms with van der Waals surface area (Å²) >= 11 is 0. The number of benzene rings is 3. The predicted molar refractivity (Wildman–Crippen MR) is 194 cm³/mol. The highest BCUT2D eigenvalue weighted by Crippen LogP contribution is 2.47. The van der Waals surface area contributed by atoms with Gasteiger partial charge in [0.05, 0.1) is 16.5 Å². The Morgan fingerprint density at radius 1 is 1.06 bits per heavy atom. The van der Waals surface area contributed by atoms with Crippen LogP contribution in [0.15, 0.2) is 30.5 Å². The molecule has 0 radical (unpaired) electrons. The summed E-state index contributed by atoms with van der Waals surface area (Å²) in [5, 5.41) is 17.4. The lowest BCUT2D eigenvalue weighted by Gasteiger charge is -2.47. The number of rotatable bonds is 6. The van der Waals surface area contributed by atoms with Crippen molar-refractivity contribution < 1.29 is 27.8 Å². The van der Waals surface area contributed by atoms with Crippen molar-refractivity contribution in [1.29, 1.82) is 0 Å². The highest BCUT2D eigenvalue weighted by Gasteiger charge is 2.50. The first kappa shape index (κ1) is 32.7. The van der Waals surface area contributed by atoms with E-state index in [9.17, 15) is 14.3 Å². The number of phenols is 1. The van der Waals surface area contributed by atoms with E-state index in [0.717, 1.165) is 45.3 Å². The van der Waals surface area contributed by atoms with Gasteiger partial charge in [-0.15, -0.1) is 6.42 Å². The molecule has 2 aromatic heterocycles. The first-order chi connectivity index (χ1) is 25.6. The first-order valence-electron chi connectivity index (χ1n) is 18.5. The third-order valence-corrected chi connectivity index (χ3v) is 12.5. The second-order valence-electron chi connectivity index (χ2n) is 15.7. The van der Waals surface area contributed by atoms with E-state index < -0.39 is 23.3 Å². The molecule has 10 nitrogen and oxygen atoms in total. The molecule has 1 aliphatic carbocycles. The largest absolute Gasteiger partial charge is 0.508 e. The fourth-order valence-corrected chi connectivity index (χ4v) is 10.1. The van der Waals surface area contributed by atoms with Crippen LogP contribution >= 0.6 is 0 Å². The SMILES string of the molecule is C#Cc1c(F)ccc2cc(O)cc(-c3c(F)c4nc(OC[C@@]56CCCN5C[C@H](F)C6)nc(N5C6CCC5CN(C5CC(=O)C5)C6)c4c4cn(C)nc34)c12. The quantitative estimate of drug-likeness (QED) is 0.224. The number of ketones is 1. The number of aromatic nitrogens is 4. The molecule has 13 heteroatoms. The molecule has 53 heavy (non-hydrogen) atoms. The topological polar surface area (TPSA) is 99.9 Å². The minimum absolute atomic E-state index is 0.00218. The molecule has 0 spiro atoms. The van der Waals surface area contributed by atoms with E-state index in [2.05, 4.69) is 20.6 Å². The molecule has 5 aromatic rings. The molecule has 4 aliphatic heterocycles. The zero-order valence-corrected chi connectivity index (χ0v) is 29.3. The van der Waals surface area contributed by atoms with Crippen LogP contribution < -0.4 is 9.64 Å². The molecule has 6 heterocycles. The number of fused-ring (bicyclic) bond motifs is 7. The van der Waals surface area contributed by atoms with Crippen molar-refractivity contribution in [3.05, 3.63) is 47.7 Å². The molecular formula is C40H38F3N7O3. The molecule has 1 N–H and O–H groups in total. The van der Waals surface area contributed by atoms with Gasteiger partial charge in [0.1, 0.15) is 47.0 Å². The van der Waals surface area contributed by atoms with Crippen molar-refractivity contribution in [3.63, 3.8) is 0 Å². The van der Waals surface area contributed by atoms with Crippen LogP contribution in [-0.2, 0) is 11.8 Å². The van der Waals surface area contributed by atoms with Crippen LogP contribution in [0.3, 0.4) is 0 Å². The lowest BCUT2D eigenvalue weighted by Crippen LogP contribution is -2.59. The molecule has 2 bridgehead atoms. The number of alkyl halides is 1. The Hall–Kier alpha value is -4.93. The monoisotopic (exact) mass is 721 g/mol. The molecule has 3 aromatic carbocycles. The Labute approximate surface area is 303 Å². The van der Waals surface area contributed by atoms with Gasteiger partial charge in [0.25, 0.3) is 0 Å². The number of Topliss-reactive ketones (excluding diaryl/α,β-unsaturated/α-hetero) is 1. The molecule has 10 rings (SSSR count). The number of phenolic OH excluding ortho intramolecular Hbond substituents is 1. The van der Waals surface area contributed by atoms with Crippen molar-refractivity contribution >= 4 is 44.2 Å². The maximum absolute atomic E-state index is 17.8. The standard InChI is InChI=1S/C40H38F3N7O3/c1-3-28-31(42)8-5-21-11-26(51)14-29(32(21)28)33-35(43)37-34(30-19-47(2)46-36(30)33)38(50-23-6-7-24(50)18-48(17-23)25-12-27(52)13-25)45-39(44-37)53-20-40-9-4-10-49(40)16-22(41)15-40/h1,5,8,11,14,19,22-25,51H,4,6-7,9-10,12-13,15-18,20H2,2H3/t22-,23?,24?,40+/m1/s1. The fourth-order valence-electron chi connectivity index (χ4n) is 10.1. The van der Waals surface area contributed by atoms with E-state index in [4.69, 9.17) is 26.2 Å². The maximum atomic E-state index is 17.8. The van der Waals surface area contributed by atoms with Crippen molar-refractivity contribution in [3.8, 4) is 35.2 Å². The van der Waals surface area contributed by atoms with Gasteiger partial charge in [-0.2, -0.15) is 15.1 Å². The number of piperazine rings is 1. The second kappa shape index (κ2) is 11.8. The molecule has 5 aliphatic rings. The van der Waals surface area contributed by atoms with E-state index in [1.807, 2.05) is 0 Å². The van der Waals surface area contributed by atoms with Crippen LogP contribution in [-0.4, -0.2) is 103 Å². The molecule has 0 amide bonds. The molecule has 1 saturated carbocycles. The average molecular weight is 722 g/mol. The number of likely N-dealkylation sites (tertiary alicyclic amines) is 1. The van der Waals surface area contributed by atoms with Gasteiger partial charge in [0, 0.05) is 86.6 Å². The smallest absolute Gasteiger partial charge is 0.319 e. The summed E-state index contributed by atoms with van der Waals surface area (Å²) in [5.41, 5.74) is -0.0462. The lowest BCUT2D eigenvalue weighted by atomic mass is 9.88. The third-order valence-electron chi connectivity index (χ3n) is 12.5. The Morgan fingerprint density at radius 3 is 2.60 bits per heavy atom. The van der Waals surface area contributed by atoms with Crippen LogP contribution in [0, 0.1) is 24.0 Å². The summed E-state index contributed by atoms with van der Waals surface area (Å²) in [6.45, 7) is 2.82. The number of hydrogen-bond acceptors (Lipinski definition) is 9. The van der Waals surface area contributed by atoms with Crippen molar-refractivity contribution in [1.82, 2.24) is 29.5 Å². The molecule has 2 unspecified atom stereocenters. The normalized spacial score (nSPS) is 26.2. The Kier molecular flexibility index (Phi) is 7.27. The summed E-state index contributed by atoms with van der Waals surface area (Å²) < 4.78 is 55.7. The molecule has 272 valence electrons. The highest BCUT2D eigenvalue weighted by atomic mass is 19.1. The Morgan fingerprint density at radius 2 is 1.85 bits per heavy atom. The molecule has 5 fully saturated rings. The van der Waals surface area contributed by atoms with Crippen LogP contribution in [0.2, 0.25) is 0 Å². The maximum Gasteiger partial charge on any atom is 0.319 e. The van der Waals surface area contributed by atoms with Gasteiger partial charge >= 0.3 is 6.01 Å². The van der Waals surface area contributed by atoms with E-state index in [1.54, 1.807) is 17.9 Å². The summed E-state index contributed by atoms with van der Waals surface area (Å²) in [6.07, 6.45) is 11.7. The van der Waals surface area contributed by atoms with Crippen LogP contribution in [0.25, 0.3) is 43.7 Å². The number of hydrogen-bond donors (Lipinski definition) is 1. The van der Waals surface area contributed by atoms with Crippen LogP contribution in [0.4, 0.5) is 19.0 Å². The highest BCUT2D eigenvalue weighted by molar-refractivity contribution is 6.18. The van der Waals surface area contributed by atoms with Gasteiger partial charge in [-0.1, -0.05) is 12.0 Å². The summed E-state index contributed by atoms with van der Waals surface area (Å²) in [6, 6.07) is 5.94. The van der Waals surface area contributed by atoms with Crippen molar-refractivity contribution in [2.24, 2.45) is 7.05 Å². The third kappa shape index (κ3) is 4.94. The Balaban J connectivity index is 1.19. The number of carbonyl (C=O) groups is 1. The van der Waals surface area contributed by atoms with Gasteiger partial charge in [0.15, 0.2) is 5.82 Å². The van der Waals surface area contributed by atoms with Crippen molar-refractivity contribution in [2.45, 2.75) is 74.8 Å². The van der Waals surface area contributed by atoms with E-state index in [-0.39, 0.29) is 75.4 Å². The minimum Gasteiger partial charge on any atom is -0.508 e. The number of terminal acetylenes is 1. The predicted octanol–water partition coefficient (Wildman–Crippen LogP) is 5.64. The summed E-state index contributed by atoms with van der Waals surface area (Å²) in [7, 11) is 1.74. The number of aromatic hydroxyl groups is 1. The van der Waals surface area contributed by atoms with Crippen LogP contribution in [0.5, 0.6) is 11.8 Å². The number of anilines is 1. The van der Waals surface area contributed by atoms with Crippen LogP contribution in [0.1, 0.15) is 50.5 Å².